The molecule has 0 amide bonds. The molecule has 0 saturated heterocycles. The zero-order chi connectivity index (χ0) is 11.3. The van der Waals surface area contributed by atoms with Gasteiger partial charge in [-0.2, -0.15) is 0 Å². The molecule has 2 aliphatic rings. The molecule has 3 atom stereocenters. The summed E-state index contributed by atoms with van der Waals surface area (Å²) in [5.41, 5.74) is 0.903. The van der Waals surface area contributed by atoms with Gasteiger partial charge >= 0.3 is 5.97 Å². The number of hydrogen-bond acceptors (Lipinski definition) is 2. The zero-order valence-electron chi connectivity index (χ0n) is 10.3. The summed E-state index contributed by atoms with van der Waals surface area (Å²) in [6.07, 6.45) is 3.90. The number of carbonyl (C=O) groups excluding carboxylic acids is 1. The third kappa shape index (κ3) is 1.49. The van der Waals surface area contributed by atoms with E-state index in [2.05, 4.69) is 20.8 Å². The molecule has 2 nitrogen and oxygen atoms in total. The van der Waals surface area contributed by atoms with Crippen LogP contribution in [0.4, 0.5) is 0 Å². The highest BCUT2D eigenvalue weighted by molar-refractivity contribution is 5.65. The third-order valence-electron chi connectivity index (χ3n) is 5.27. The lowest BCUT2D eigenvalue weighted by Gasteiger charge is -2.34. The second-order valence-electron chi connectivity index (χ2n) is 6.19. The van der Waals surface area contributed by atoms with E-state index in [1.165, 1.54) is 26.2 Å². The predicted molar refractivity (Wildman–Crippen MR) is 59.4 cm³/mol. The lowest BCUT2D eigenvalue weighted by Crippen LogP contribution is -2.26. The van der Waals surface area contributed by atoms with Crippen molar-refractivity contribution in [3.8, 4) is 0 Å². The Morgan fingerprint density at radius 3 is 2.47 bits per heavy atom. The molecule has 86 valence electrons. The zero-order valence-corrected chi connectivity index (χ0v) is 10.3. The number of esters is 1. The smallest absolute Gasteiger partial charge is 0.302 e. The molecular formula is C13H22O2. The van der Waals surface area contributed by atoms with E-state index in [0.717, 1.165) is 5.92 Å². The number of rotatable bonds is 2. The van der Waals surface area contributed by atoms with Crippen molar-refractivity contribution < 1.29 is 9.53 Å². The summed E-state index contributed by atoms with van der Waals surface area (Å²) in [4.78, 5) is 10.8. The van der Waals surface area contributed by atoms with Gasteiger partial charge in [-0.25, -0.2) is 0 Å². The third-order valence-corrected chi connectivity index (χ3v) is 5.27. The van der Waals surface area contributed by atoms with Crippen molar-refractivity contribution in [2.45, 2.75) is 47.0 Å². The molecule has 0 unspecified atom stereocenters. The Kier molecular flexibility index (Phi) is 2.36. The van der Waals surface area contributed by atoms with Gasteiger partial charge in [0.05, 0.1) is 6.61 Å². The number of fused-ring (bicyclic) bond motifs is 2. The normalized spacial score (nSPS) is 41.9. The minimum Gasteiger partial charge on any atom is -0.466 e. The van der Waals surface area contributed by atoms with Crippen molar-refractivity contribution in [2.75, 3.05) is 6.61 Å². The van der Waals surface area contributed by atoms with E-state index in [1.807, 2.05) is 0 Å². The van der Waals surface area contributed by atoms with Gasteiger partial charge < -0.3 is 4.74 Å². The van der Waals surface area contributed by atoms with E-state index >= 15 is 0 Å². The second-order valence-corrected chi connectivity index (χ2v) is 6.19. The van der Waals surface area contributed by atoms with Crippen LogP contribution in [-0.4, -0.2) is 12.6 Å². The van der Waals surface area contributed by atoms with Gasteiger partial charge in [0.15, 0.2) is 0 Å². The molecule has 0 radical (unpaired) electrons. The van der Waals surface area contributed by atoms with Crippen molar-refractivity contribution in [1.29, 1.82) is 0 Å². The van der Waals surface area contributed by atoms with E-state index in [-0.39, 0.29) is 5.97 Å². The van der Waals surface area contributed by atoms with E-state index in [0.29, 0.717) is 23.4 Å². The minimum absolute atomic E-state index is 0.138. The molecule has 0 aromatic heterocycles. The first-order valence-electron chi connectivity index (χ1n) is 6.00. The summed E-state index contributed by atoms with van der Waals surface area (Å²) in [6, 6.07) is 0. The van der Waals surface area contributed by atoms with E-state index in [4.69, 9.17) is 4.74 Å². The van der Waals surface area contributed by atoms with Crippen LogP contribution in [0.15, 0.2) is 0 Å². The van der Waals surface area contributed by atoms with E-state index in [1.54, 1.807) is 0 Å². The molecule has 0 aromatic carbocycles. The number of hydrogen-bond donors (Lipinski definition) is 0. The molecule has 2 aliphatic carbocycles. The lowest BCUT2D eigenvalue weighted by molar-refractivity contribution is -0.143. The van der Waals surface area contributed by atoms with Crippen LogP contribution in [0.5, 0.6) is 0 Å². The fourth-order valence-electron chi connectivity index (χ4n) is 3.92. The molecule has 2 rings (SSSR count). The quantitative estimate of drug-likeness (QED) is 0.655. The van der Waals surface area contributed by atoms with Gasteiger partial charge in [0, 0.05) is 6.92 Å². The van der Waals surface area contributed by atoms with Crippen molar-refractivity contribution >= 4 is 5.97 Å². The Hall–Kier alpha value is -0.530. The van der Waals surface area contributed by atoms with Crippen molar-refractivity contribution in [3.63, 3.8) is 0 Å². The molecule has 0 N–H and O–H groups in total. The molecule has 2 fully saturated rings. The lowest BCUT2D eigenvalue weighted by atomic mass is 9.71. The predicted octanol–water partition coefficient (Wildman–Crippen LogP) is 3.01. The molecule has 15 heavy (non-hydrogen) atoms. The van der Waals surface area contributed by atoms with E-state index < -0.39 is 0 Å². The van der Waals surface area contributed by atoms with Crippen LogP contribution in [0.2, 0.25) is 0 Å². The molecule has 2 heteroatoms. The van der Waals surface area contributed by atoms with Crippen LogP contribution < -0.4 is 0 Å². The van der Waals surface area contributed by atoms with Gasteiger partial charge in [-0.1, -0.05) is 20.8 Å². The van der Waals surface area contributed by atoms with Gasteiger partial charge in [-0.3, -0.25) is 4.79 Å². The van der Waals surface area contributed by atoms with Gasteiger partial charge in [-0.15, -0.1) is 0 Å². The van der Waals surface area contributed by atoms with Crippen molar-refractivity contribution in [1.82, 2.24) is 0 Å². The summed E-state index contributed by atoms with van der Waals surface area (Å²) in [7, 11) is 0. The van der Waals surface area contributed by atoms with Crippen LogP contribution >= 0.6 is 0 Å². The first-order chi connectivity index (χ1) is 6.87. The van der Waals surface area contributed by atoms with Crippen LogP contribution in [0.3, 0.4) is 0 Å². The fraction of sp³-hybridized carbons (Fsp3) is 0.923. The Balaban J connectivity index is 2.05. The summed E-state index contributed by atoms with van der Waals surface area (Å²) in [6.45, 7) is 9.32. The van der Waals surface area contributed by atoms with Gasteiger partial charge in [0.25, 0.3) is 0 Å². The number of ether oxygens (including phenoxy) is 1. The Labute approximate surface area is 92.4 Å². The largest absolute Gasteiger partial charge is 0.466 e. The van der Waals surface area contributed by atoms with E-state index in [9.17, 15) is 4.79 Å². The second kappa shape index (κ2) is 3.23. The first-order valence-corrected chi connectivity index (χ1v) is 6.00. The van der Waals surface area contributed by atoms with Gasteiger partial charge in [0.1, 0.15) is 0 Å². The highest BCUT2D eigenvalue weighted by Gasteiger charge is 2.60. The maximum Gasteiger partial charge on any atom is 0.302 e. The Morgan fingerprint density at radius 2 is 2.07 bits per heavy atom. The maximum absolute atomic E-state index is 10.8. The highest BCUT2D eigenvalue weighted by Crippen LogP contribution is 2.67. The monoisotopic (exact) mass is 210 g/mol. The van der Waals surface area contributed by atoms with Gasteiger partial charge in [-0.05, 0) is 41.9 Å². The van der Waals surface area contributed by atoms with Crippen LogP contribution in [0.25, 0.3) is 0 Å². The Bertz CT molecular complexity index is 280. The number of carbonyl (C=O) groups is 1. The topological polar surface area (TPSA) is 26.3 Å². The van der Waals surface area contributed by atoms with Crippen LogP contribution in [0, 0.1) is 22.7 Å². The van der Waals surface area contributed by atoms with Gasteiger partial charge in [0.2, 0.25) is 0 Å². The molecular weight excluding hydrogens is 188 g/mol. The molecule has 2 saturated carbocycles. The summed E-state index contributed by atoms with van der Waals surface area (Å²) in [5, 5.41) is 0. The fourth-order valence-corrected chi connectivity index (χ4v) is 3.92. The first kappa shape index (κ1) is 11.0. The van der Waals surface area contributed by atoms with Crippen molar-refractivity contribution in [2.24, 2.45) is 22.7 Å². The molecule has 0 aliphatic heterocycles. The maximum atomic E-state index is 10.8. The Morgan fingerprint density at radius 1 is 1.40 bits per heavy atom. The van der Waals surface area contributed by atoms with Crippen molar-refractivity contribution in [3.05, 3.63) is 0 Å². The summed E-state index contributed by atoms with van der Waals surface area (Å²) >= 11 is 0. The molecule has 0 aromatic rings. The highest BCUT2D eigenvalue weighted by atomic mass is 16.5. The van der Waals surface area contributed by atoms with Crippen LogP contribution in [0.1, 0.15) is 47.0 Å². The summed E-state index contributed by atoms with van der Waals surface area (Å²) < 4.78 is 5.18. The average Bonchev–Trinajstić information content (AvgIpc) is 2.45. The van der Waals surface area contributed by atoms with Crippen LogP contribution in [-0.2, 0) is 9.53 Å². The molecule has 0 heterocycles. The summed E-state index contributed by atoms with van der Waals surface area (Å²) in [5.74, 6) is 1.21. The standard InChI is InChI=1S/C13H22O2/c1-9(14)15-8-10-7-13(4)6-5-11(10)12(13,2)3/h10-11H,5-8H2,1-4H3/t10-,11+,13+/m0/s1. The SMILES string of the molecule is CC(=O)OC[C@@H]1C[C@@]2(C)CC[C@H]1C2(C)C. The molecule has 0 spiro atoms. The molecule has 2 bridgehead atoms. The minimum atomic E-state index is -0.138. The average molecular weight is 210 g/mol.